The van der Waals surface area contributed by atoms with Gasteiger partial charge in [0.25, 0.3) is 0 Å². The normalized spacial score (nSPS) is 23.7. The molecule has 2 saturated heterocycles. The third-order valence-electron chi connectivity index (χ3n) is 5.32. The predicted molar refractivity (Wildman–Crippen MR) is 95.1 cm³/mol. The Labute approximate surface area is 148 Å². The SMILES string of the molecule is O=C(CSCC(=O)N1CCN(C2CCCC2)CC1)N1CCOCC1. The monoisotopic (exact) mass is 355 g/mol. The largest absolute Gasteiger partial charge is 0.378 e. The van der Waals surface area contributed by atoms with E-state index in [1.54, 1.807) is 0 Å². The Bertz CT molecular complexity index is 429. The van der Waals surface area contributed by atoms with Crippen LogP contribution in [0.3, 0.4) is 0 Å². The Hall–Kier alpha value is -0.790. The van der Waals surface area contributed by atoms with E-state index in [4.69, 9.17) is 4.74 Å². The Balaban J connectivity index is 1.31. The van der Waals surface area contributed by atoms with Gasteiger partial charge in [0.1, 0.15) is 0 Å². The van der Waals surface area contributed by atoms with Gasteiger partial charge in [-0.25, -0.2) is 0 Å². The van der Waals surface area contributed by atoms with Crippen LogP contribution in [0, 0.1) is 0 Å². The van der Waals surface area contributed by atoms with Crippen molar-refractivity contribution in [3.8, 4) is 0 Å². The van der Waals surface area contributed by atoms with Crippen molar-refractivity contribution < 1.29 is 14.3 Å². The minimum Gasteiger partial charge on any atom is -0.378 e. The van der Waals surface area contributed by atoms with Crippen LogP contribution in [0.15, 0.2) is 0 Å². The minimum absolute atomic E-state index is 0.127. The number of thioether (sulfide) groups is 1. The Morgan fingerprint density at radius 2 is 1.38 bits per heavy atom. The van der Waals surface area contributed by atoms with Crippen molar-refractivity contribution in [2.75, 3.05) is 64.0 Å². The van der Waals surface area contributed by atoms with Gasteiger partial charge in [-0.1, -0.05) is 12.8 Å². The first kappa shape index (κ1) is 18.0. The number of amides is 2. The summed E-state index contributed by atoms with van der Waals surface area (Å²) in [6.07, 6.45) is 5.37. The molecule has 0 N–H and O–H groups in total. The molecule has 0 aromatic heterocycles. The summed E-state index contributed by atoms with van der Waals surface area (Å²) in [5, 5.41) is 0. The highest BCUT2D eigenvalue weighted by atomic mass is 32.2. The topological polar surface area (TPSA) is 53.1 Å². The lowest BCUT2D eigenvalue weighted by molar-refractivity contribution is -0.132. The molecule has 0 aromatic carbocycles. The highest BCUT2D eigenvalue weighted by Crippen LogP contribution is 2.24. The molecule has 2 heterocycles. The number of nitrogens with zero attached hydrogens (tertiary/aromatic N) is 3. The van der Waals surface area contributed by atoms with Crippen molar-refractivity contribution in [3.05, 3.63) is 0 Å². The molecule has 0 aromatic rings. The summed E-state index contributed by atoms with van der Waals surface area (Å²) in [4.78, 5) is 30.8. The zero-order chi connectivity index (χ0) is 16.8. The van der Waals surface area contributed by atoms with Crippen LogP contribution in [0.4, 0.5) is 0 Å². The average molecular weight is 356 g/mol. The first-order valence-corrected chi connectivity index (χ1v) is 10.3. The molecule has 136 valence electrons. The third kappa shape index (κ3) is 4.86. The molecule has 1 saturated carbocycles. The number of carbonyl (C=O) groups is 2. The summed E-state index contributed by atoms with van der Waals surface area (Å²) in [7, 11) is 0. The molecule has 1 aliphatic carbocycles. The van der Waals surface area contributed by atoms with Crippen molar-refractivity contribution in [2.24, 2.45) is 0 Å². The second kappa shape index (κ2) is 9.06. The maximum Gasteiger partial charge on any atom is 0.232 e. The molecule has 7 heteroatoms. The maximum absolute atomic E-state index is 12.3. The maximum atomic E-state index is 12.3. The fourth-order valence-electron chi connectivity index (χ4n) is 3.83. The summed E-state index contributed by atoms with van der Waals surface area (Å²) < 4.78 is 5.25. The van der Waals surface area contributed by atoms with Crippen molar-refractivity contribution in [1.82, 2.24) is 14.7 Å². The van der Waals surface area contributed by atoms with Crippen LogP contribution < -0.4 is 0 Å². The van der Waals surface area contributed by atoms with Gasteiger partial charge in [0.05, 0.1) is 24.7 Å². The molecule has 3 fully saturated rings. The van der Waals surface area contributed by atoms with E-state index in [1.165, 1.54) is 37.4 Å². The molecule has 3 rings (SSSR count). The molecule has 0 atom stereocenters. The van der Waals surface area contributed by atoms with Gasteiger partial charge in [-0.2, -0.15) is 0 Å². The van der Waals surface area contributed by atoms with E-state index in [-0.39, 0.29) is 11.8 Å². The molecule has 2 aliphatic heterocycles. The predicted octanol–water partition coefficient (Wildman–Crippen LogP) is 0.665. The van der Waals surface area contributed by atoms with Crippen LogP contribution in [0.1, 0.15) is 25.7 Å². The fourth-order valence-corrected chi connectivity index (χ4v) is 4.64. The third-order valence-corrected chi connectivity index (χ3v) is 6.23. The van der Waals surface area contributed by atoms with Gasteiger partial charge in [-0.15, -0.1) is 11.8 Å². The van der Waals surface area contributed by atoms with Crippen molar-refractivity contribution >= 4 is 23.6 Å². The molecule has 3 aliphatic rings. The van der Waals surface area contributed by atoms with E-state index in [9.17, 15) is 9.59 Å². The second-order valence-electron chi connectivity index (χ2n) is 6.84. The number of ether oxygens (including phenoxy) is 1. The van der Waals surface area contributed by atoms with Crippen molar-refractivity contribution in [3.63, 3.8) is 0 Å². The van der Waals surface area contributed by atoms with E-state index < -0.39 is 0 Å². The zero-order valence-electron chi connectivity index (χ0n) is 14.5. The summed E-state index contributed by atoms with van der Waals surface area (Å²) in [6.45, 7) is 6.30. The van der Waals surface area contributed by atoms with Crippen LogP contribution in [0.2, 0.25) is 0 Å². The van der Waals surface area contributed by atoms with Crippen LogP contribution in [-0.2, 0) is 14.3 Å². The number of rotatable bonds is 5. The molecular weight excluding hydrogens is 326 g/mol. The van der Waals surface area contributed by atoms with E-state index in [0.717, 1.165) is 32.2 Å². The molecule has 0 bridgehead atoms. The number of piperazine rings is 1. The lowest BCUT2D eigenvalue weighted by atomic mass is 10.2. The van der Waals surface area contributed by atoms with E-state index >= 15 is 0 Å². The van der Waals surface area contributed by atoms with E-state index in [2.05, 4.69) is 4.90 Å². The molecule has 0 spiro atoms. The highest BCUT2D eigenvalue weighted by Gasteiger charge is 2.27. The van der Waals surface area contributed by atoms with Crippen LogP contribution in [0.25, 0.3) is 0 Å². The molecular formula is C17H29N3O3S. The number of hydrogen-bond donors (Lipinski definition) is 0. The van der Waals surface area contributed by atoms with Crippen LogP contribution >= 0.6 is 11.8 Å². The van der Waals surface area contributed by atoms with Crippen LogP contribution in [0.5, 0.6) is 0 Å². The smallest absolute Gasteiger partial charge is 0.232 e. The van der Waals surface area contributed by atoms with Gasteiger partial charge in [0.15, 0.2) is 0 Å². The van der Waals surface area contributed by atoms with E-state index in [1.807, 2.05) is 9.80 Å². The van der Waals surface area contributed by atoms with Crippen molar-refractivity contribution in [2.45, 2.75) is 31.7 Å². The average Bonchev–Trinajstić information content (AvgIpc) is 3.17. The first-order valence-electron chi connectivity index (χ1n) is 9.19. The van der Waals surface area contributed by atoms with Gasteiger partial charge in [0.2, 0.25) is 11.8 Å². The fraction of sp³-hybridized carbons (Fsp3) is 0.882. The molecule has 24 heavy (non-hydrogen) atoms. The number of morpholine rings is 1. The van der Waals surface area contributed by atoms with Crippen LogP contribution in [-0.4, -0.2) is 96.5 Å². The Kier molecular flexibility index (Phi) is 6.80. The lowest BCUT2D eigenvalue weighted by Gasteiger charge is -2.38. The summed E-state index contributed by atoms with van der Waals surface area (Å²) in [5.74, 6) is 1.12. The molecule has 0 radical (unpaired) electrons. The van der Waals surface area contributed by atoms with Gasteiger partial charge >= 0.3 is 0 Å². The Morgan fingerprint density at radius 1 is 0.833 bits per heavy atom. The zero-order valence-corrected chi connectivity index (χ0v) is 15.3. The second-order valence-corrected chi connectivity index (χ2v) is 7.83. The van der Waals surface area contributed by atoms with Gasteiger partial charge in [0, 0.05) is 45.3 Å². The summed E-state index contributed by atoms with van der Waals surface area (Å²) in [6, 6.07) is 0.753. The minimum atomic E-state index is 0.127. The Morgan fingerprint density at radius 3 is 1.96 bits per heavy atom. The van der Waals surface area contributed by atoms with Crippen molar-refractivity contribution in [1.29, 1.82) is 0 Å². The standard InChI is InChI=1S/C17H29N3O3S/c21-16(13-24-14-17(22)20-9-11-23-12-10-20)19-7-5-18(6-8-19)15-3-1-2-4-15/h15H,1-14H2. The van der Waals surface area contributed by atoms with Gasteiger partial charge in [-0.05, 0) is 12.8 Å². The first-order chi connectivity index (χ1) is 11.7. The molecule has 6 nitrogen and oxygen atoms in total. The summed E-state index contributed by atoms with van der Waals surface area (Å²) in [5.41, 5.74) is 0. The molecule has 2 amide bonds. The summed E-state index contributed by atoms with van der Waals surface area (Å²) >= 11 is 1.45. The lowest BCUT2D eigenvalue weighted by Crippen LogP contribution is -2.51. The number of carbonyl (C=O) groups excluding carboxylic acids is 2. The number of hydrogen-bond acceptors (Lipinski definition) is 5. The van der Waals surface area contributed by atoms with Gasteiger partial charge < -0.3 is 14.5 Å². The molecule has 0 unspecified atom stereocenters. The van der Waals surface area contributed by atoms with Gasteiger partial charge in [-0.3, -0.25) is 14.5 Å². The quantitative estimate of drug-likeness (QED) is 0.725. The van der Waals surface area contributed by atoms with E-state index in [0.29, 0.717) is 37.8 Å². The highest BCUT2D eigenvalue weighted by molar-refractivity contribution is 8.00.